The van der Waals surface area contributed by atoms with Crippen molar-refractivity contribution >= 4 is 5.91 Å². The van der Waals surface area contributed by atoms with E-state index in [0.717, 1.165) is 43.7 Å². The lowest BCUT2D eigenvalue weighted by atomic mass is 10.0. The summed E-state index contributed by atoms with van der Waals surface area (Å²) in [6.45, 7) is 2.72. The second kappa shape index (κ2) is 9.45. The molecular formula is C23H25N5O2. The third-order valence-corrected chi connectivity index (χ3v) is 5.30. The van der Waals surface area contributed by atoms with Gasteiger partial charge in [-0.25, -0.2) is 9.97 Å². The monoisotopic (exact) mass is 403 g/mol. The number of benzene rings is 1. The van der Waals surface area contributed by atoms with Crippen LogP contribution in [0.25, 0.3) is 11.4 Å². The molecule has 3 aromatic rings. The van der Waals surface area contributed by atoms with Crippen LogP contribution in [0.2, 0.25) is 0 Å². The molecule has 0 saturated carbocycles. The second-order valence-electron chi connectivity index (χ2n) is 7.34. The molecule has 1 aliphatic rings. The molecule has 2 aromatic heterocycles. The molecule has 1 aromatic carbocycles. The van der Waals surface area contributed by atoms with Gasteiger partial charge in [-0.05, 0) is 37.1 Å². The van der Waals surface area contributed by atoms with E-state index in [1.807, 2.05) is 48.7 Å². The number of hydrogen-bond acceptors (Lipinski definition) is 6. The molecule has 1 aliphatic heterocycles. The van der Waals surface area contributed by atoms with Gasteiger partial charge < -0.3 is 10.1 Å². The Balaban J connectivity index is 1.31. The van der Waals surface area contributed by atoms with Gasteiger partial charge in [-0.2, -0.15) is 0 Å². The van der Waals surface area contributed by atoms with Crippen molar-refractivity contribution in [3.63, 3.8) is 0 Å². The Hall–Kier alpha value is -3.32. The van der Waals surface area contributed by atoms with Crippen molar-refractivity contribution in [2.45, 2.75) is 25.4 Å². The topological polar surface area (TPSA) is 80.2 Å². The fourth-order valence-corrected chi connectivity index (χ4v) is 3.64. The Labute approximate surface area is 176 Å². The number of aromatic nitrogens is 3. The lowest BCUT2D eigenvalue weighted by Crippen LogP contribution is -2.44. The number of nitrogens with zero attached hydrogens (tertiary/aromatic N) is 4. The smallest absolute Gasteiger partial charge is 0.254 e. The third kappa shape index (κ3) is 4.80. The van der Waals surface area contributed by atoms with Crippen molar-refractivity contribution in [3.8, 4) is 17.1 Å². The maximum Gasteiger partial charge on any atom is 0.254 e. The van der Waals surface area contributed by atoms with Gasteiger partial charge in [0.05, 0.1) is 23.9 Å². The lowest BCUT2D eigenvalue weighted by molar-refractivity contribution is 0.0908. The van der Waals surface area contributed by atoms with Gasteiger partial charge in [0.25, 0.3) is 5.91 Å². The highest BCUT2D eigenvalue weighted by atomic mass is 16.5. The first kappa shape index (κ1) is 20.0. The molecule has 7 nitrogen and oxygen atoms in total. The number of piperidine rings is 1. The Morgan fingerprint density at radius 1 is 1.07 bits per heavy atom. The first-order chi connectivity index (χ1) is 14.7. The van der Waals surface area contributed by atoms with Crippen molar-refractivity contribution in [1.29, 1.82) is 0 Å². The van der Waals surface area contributed by atoms with Crippen LogP contribution in [0.15, 0.2) is 61.1 Å². The van der Waals surface area contributed by atoms with Crippen LogP contribution in [-0.2, 0) is 6.54 Å². The molecule has 1 N–H and O–H groups in total. The highest BCUT2D eigenvalue weighted by Crippen LogP contribution is 2.26. The van der Waals surface area contributed by atoms with E-state index in [9.17, 15) is 4.79 Å². The fourth-order valence-electron chi connectivity index (χ4n) is 3.64. The van der Waals surface area contributed by atoms with E-state index in [1.165, 1.54) is 0 Å². The molecule has 0 bridgehead atoms. The summed E-state index contributed by atoms with van der Waals surface area (Å²) >= 11 is 0. The van der Waals surface area contributed by atoms with Crippen LogP contribution in [0.5, 0.6) is 5.75 Å². The zero-order valence-corrected chi connectivity index (χ0v) is 17.0. The van der Waals surface area contributed by atoms with E-state index in [2.05, 4.69) is 25.2 Å². The average Bonchev–Trinajstić information content (AvgIpc) is 2.81. The molecule has 30 heavy (non-hydrogen) atoms. The summed E-state index contributed by atoms with van der Waals surface area (Å²) in [4.78, 5) is 28.1. The van der Waals surface area contributed by atoms with Crippen molar-refractivity contribution in [2.24, 2.45) is 0 Å². The van der Waals surface area contributed by atoms with Gasteiger partial charge in [0.1, 0.15) is 5.75 Å². The van der Waals surface area contributed by atoms with Crippen molar-refractivity contribution in [1.82, 2.24) is 25.2 Å². The minimum Gasteiger partial charge on any atom is -0.496 e. The van der Waals surface area contributed by atoms with E-state index in [4.69, 9.17) is 4.74 Å². The molecule has 0 spiro atoms. The number of carbonyl (C=O) groups is 1. The number of carbonyl (C=O) groups excluding carboxylic acids is 1. The predicted molar refractivity (Wildman–Crippen MR) is 114 cm³/mol. The SMILES string of the molecule is COc1ccccc1-c1ncc(C(=O)NC2CCN(Cc3ccccn3)CC2)cn1. The summed E-state index contributed by atoms with van der Waals surface area (Å²) in [5, 5.41) is 3.12. The van der Waals surface area contributed by atoms with E-state index < -0.39 is 0 Å². The van der Waals surface area contributed by atoms with Gasteiger partial charge in [0.15, 0.2) is 5.82 Å². The molecule has 4 rings (SSSR count). The van der Waals surface area contributed by atoms with Gasteiger partial charge >= 0.3 is 0 Å². The summed E-state index contributed by atoms with van der Waals surface area (Å²) in [7, 11) is 1.61. The van der Waals surface area contributed by atoms with Crippen LogP contribution in [0, 0.1) is 0 Å². The predicted octanol–water partition coefficient (Wildman–Crippen LogP) is 2.94. The van der Waals surface area contributed by atoms with E-state index >= 15 is 0 Å². The second-order valence-corrected chi connectivity index (χ2v) is 7.34. The Bertz CT molecular complexity index is 970. The summed E-state index contributed by atoms with van der Waals surface area (Å²) in [5.74, 6) is 1.10. The van der Waals surface area contributed by atoms with Gasteiger partial charge in [-0.15, -0.1) is 0 Å². The van der Waals surface area contributed by atoms with Crippen LogP contribution in [0.4, 0.5) is 0 Å². The fraction of sp³-hybridized carbons (Fsp3) is 0.304. The number of ether oxygens (including phenoxy) is 1. The standard InChI is InChI=1S/C23H25N5O2/c1-30-21-8-3-2-7-20(21)22-25-14-17(15-26-22)23(29)27-18-9-12-28(13-10-18)16-19-6-4-5-11-24-19/h2-8,11,14-15,18H,9-10,12-13,16H2,1H3,(H,27,29). The van der Waals surface area contributed by atoms with E-state index in [1.54, 1.807) is 19.5 Å². The molecule has 3 heterocycles. The van der Waals surface area contributed by atoms with E-state index in [-0.39, 0.29) is 11.9 Å². The number of hydrogen-bond donors (Lipinski definition) is 1. The number of amides is 1. The number of pyridine rings is 1. The molecular weight excluding hydrogens is 378 g/mol. The van der Waals surface area contributed by atoms with Crippen molar-refractivity contribution < 1.29 is 9.53 Å². The molecule has 154 valence electrons. The minimum absolute atomic E-state index is 0.134. The molecule has 7 heteroatoms. The van der Waals surface area contributed by atoms with Gasteiger partial charge in [-0.3, -0.25) is 14.7 Å². The molecule has 1 fully saturated rings. The normalized spacial score (nSPS) is 15.0. The van der Waals surface area contributed by atoms with E-state index in [0.29, 0.717) is 17.1 Å². The average molecular weight is 403 g/mol. The zero-order chi connectivity index (χ0) is 20.8. The summed E-state index contributed by atoms with van der Waals surface area (Å²) in [6.07, 6.45) is 6.79. The lowest BCUT2D eigenvalue weighted by Gasteiger charge is -2.32. The largest absolute Gasteiger partial charge is 0.496 e. The number of rotatable bonds is 6. The van der Waals surface area contributed by atoms with Crippen LogP contribution in [-0.4, -0.2) is 52.0 Å². The maximum atomic E-state index is 12.6. The van der Waals surface area contributed by atoms with Crippen molar-refractivity contribution in [3.05, 3.63) is 72.3 Å². The Kier molecular flexibility index (Phi) is 6.29. The minimum atomic E-state index is -0.134. The molecule has 0 unspecified atom stereocenters. The molecule has 1 saturated heterocycles. The van der Waals surface area contributed by atoms with Crippen LogP contribution >= 0.6 is 0 Å². The van der Waals surface area contributed by atoms with Crippen LogP contribution in [0.3, 0.4) is 0 Å². The first-order valence-electron chi connectivity index (χ1n) is 10.1. The van der Waals surface area contributed by atoms with Gasteiger partial charge in [-0.1, -0.05) is 18.2 Å². The van der Waals surface area contributed by atoms with Crippen molar-refractivity contribution in [2.75, 3.05) is 20.2 Å². The zero-order valence-electron chi connectivity index (χ0n) is 17.0. The highest BCUT2D eigenvalue weighted by molar-refractivity contribution is 5.94. The summed E-state index contributed by atoms with van der Waals surface area (Å²) in [6, 6.07) is 13.7. The number of nitrogens with one attached hydrogen (secondary N) is 1. The first-order valence-corrected chi connectivity index (χ1v) is 10.1. The number of likely N-dealkylation sites (tertiary alicyclic amines) is 1. The molecule has 0 atom stereocenters. The quantitative estimate of drug-likeness (QED) is 0.682. The van der Waals surface area contributed by atoms with Gasteiger partial charge in [0, 0.05) is 44.3 Å². The van der Waals surface area contributed by atoms with Crippen LogP contribution in [0.1, 0.15) is 28.9 Å². The Morgan fingerprint density at radius 3 is 2.50 bits per heavy atom. The Morgan fingerprint density at radius 2 is 1.80 bits per heavy atom. The maximum absolute atomic E-state index is 12.6. The molecule has 0 radical (unpaired) electrons. The highest BCUT2D eigenvalue weighted by Gasteiger charge is 2.22. The summed E-state index contributed by atoms with van der Waals surface area (Å²) in [5.41, 5.74) is 2.34. The number of para-hydroxylation sites is 1. The van der Waals surface area contributed by atoms with Gasteiger partial charge in [0.2, 0.25) is 0 Å². The number of methoxy groups -OCH3 is 1. The summed E-state index contributed by atoms with van der Waals surface area (Å²) < 4.78 is 5.36. The molecule has 0 aliphatic carbocycles. The van der Waals surface area contributed by atoms with Crippen LogP contribution < -0.4 is 10.1 Å². The third-order valence-electron chi connectivity index (χ3n) is 5.30. The molecule has 1 amide bonds.